The summed E-state index contributed by atoms with van der Waals surface area (Å²) in [5.41, 5.74) is 9.96. The number of methoxy groups -OCH3 is 1. The van der Waals surface area contributed by atoms with Gasteiger partial charge in [0.2, 0.25) is 11.8 Å². The van der Waals surface area contributed by atoms with Crippen molar-refractivity contribution in [1.29, 1.82) is 0 Å². The lowest BCUT2D eigenvalue weighted by Gasteiger charge is -2.23. The topological polar surface area (TPSA) is 64.0 Å². The molecule has 0 spiro atoms. The number of furan rings is 1. The van der Waals surface area contributed by atoms with E-state index in [0.29, 0.717) is 17.6 Å². The van der Waals surface area contributed by atoms with E-state index in [4.69, 9.17) is 14.9 Å². The number of hydrogen-bond acceptors (Lipinski definition) is 3. The van der Waals surface area contributed by atoms with Crippen LogP contribution in [0.25, 0.3) is 22.1 Å². The van der Waals surface area contributed by atoms with Gasteiger partial charge in [0.05, 0.1) is 12.8 Å². The summed E-state index contributed by atoms with van der Waals surface area (Å²) in [6.07, 6.45) is 0. The molecular weight excluding hydrogens is 350 g/mol. The van der Waals surface area contributed by atoms with Crippen LogP contribution in [-0.4, -0.2) is 20.1 Å². The first-order valence-electron chi connectivity index (χ1n) is 8.95. The second-order valence-electron chi connectivity index (χ2n) is 6.29. The Bertz CT molecular complexity index is 1100. The lowest BCUT2D eigenvalue weighted by molar-refractivity contribution is 0.415. The maximum atomic E-state index is 6.28. The first-order chi connectivity index (χ1) is 13.7. The van der Waals surface area contributed by atoms with Gasteiger partial charge in [0.15, 0.2) is 0 Å². The molecule has 0 fully saturated rings. The number of ether oxygens (including phenoxy) is 1. The second kappa shape index (κ2) is 7.48. The minimum Gasteiger partial charge on any atom is -0.495 e. The highest BCUT2D eigenvalue weighted by atomic mass is 16.5. The molecule has 0 saturated heterocycles. The average molecular weight is 371 g/mol. The molecule has 0 amide bonds. The largest absolute Gasteiger partial charge is 0.495 e. The Morgan fingerprint density at radius 3 is 2.39 bits per heavy atom. The zero-order chi connectivity index (χ0) is 19.5. The molecule has 2 N–H and O–H groups in total. The Morgan fingerprint density at radius 2 is 1.68 bits per heavy atom. The van der Waals surface area contributed by atoms with Crippen LogP contribution < -0.4 is 15.4 Å². The molecule has 140 valence electrons. The number of hydrogen-bond donors (Lipinski definition) is 1. The van der Waals surface area contributed by atoms with Crippen molar-refractivity contribution in [1.82, 2.24) is 0 Å². The third-order valence-electron chi connectivity index (χ3n) is 4.62. The molecule has 0 unspecified atom stereocenters. The number of aliphatic imine (C=N–C) groups is 1. The molecule has 0 radical (unpaired) electrons. The lowest BCUT2D eigenvalue weighted by atomic mass is 10.0. The van der Waals surface area contributed by atoms with Gasteiger partial charge in [-0.2, -0.15) is 0 Å². The van der Waals surface area contributed by atoms with Crippen LogP contribution in [-0.2, 0) is 0 Å². The fourth-order valence-corrected chi connectivity index (χ4v) is 3.21. The molecule has 28 heavy (non-hydrogen) atoms. The van der Waals surface area contributed by atoms with Crippen molar-refractivity contribution in [2.45, 2.75) is 0 Å². The van der Waals surface area contributed by atoms with Crippen molar-refractivity contribution < 1.29 is 9.15 Å². The Morgan fingerprint density at radius 1 is 0.929 bits per heavy atom. The molecule has 0 bridgehead atoms. The summed E-state index contributed by atoms with van der Waals surface area (Å²) in [6.45, 7) is 0. The summed E-state index contributed by atoms with van der Waals surface area (Å²) >= 11 is 0. The van der Waals surface area contributed by atoms with E-state index in [2.05, 4.69) is 17.1 Å². The Balaban J connectivity index is 1.90. The number of rotatable bonds is 4. The quantitative estimate of drug-likeness (QED) is 0.396. The highest BCUT2D eigenvalue weighted by Crippen LogP contribution is 2.39. The number of fused-ring (bicyclic) bond motifs is 1. The third kappa shape index (κ3) is 3.18. The predicted molar refractivity (Wildman–Crippen MR) is 114 cm³/mol. The molecule has 4 rings (SSSR count). The van der Waals surface area contributed by atoms with Gasteiger partial charge in [-0.15, -0.1) is 0 Å². The molecule has 5 heteroatoms. The zero-order valence-corrected chi connectivity index (χ0v) is 15.8. The minimum atomic E-state index is 0.308. The van der Waals surface area contributed by atoms with Crippen LogP contribution >= 0.6 is 0 Å². The SMILES string of the molecule is CN=C(N)N(c1cc2ccccc2o1)c1cc(-c2ccccc2)ccc1OC. The summed E-state index contributed by atoms with van der Waals surface area (Å²) < 4.78 is 11.7. The van der Waals surface area contributed by atoms with Crippen molar-refractivity contribution in [2.75, 3.05) is 19.1 Å². The highest BCUT2D eigenvalue weighted by Gasteiger charge is 2.22. The Hall–Kier alpha value is -3.73. The van der Waals surface area contributed by atoms with E-state index in [-0.39, 0.29) is 0 Å². The lowest BCUT2D eigenvalue weighted by Crippen LogP contribution is -2.33. The zero-order valence-electron chi connectivity index (χ0n) is 15.8. The van der Waals surface area contributed by atoms with Gasteiger partial charge in [-0.1, -0.05) is 54.6 Å². The van der Waals surface area contributed by atoms with Crippen LogP contribution in [0.4, 0.5) is 11.6 Å². The summed E-state index contributed by atoms with van der Waals surface area (Å²) in [5, 5.41) is 0.990. The fourth-order valence-electron chi connectivity index (χ4n) is 3.21. The number of para-hydroxylation sites is 1. The monoisotopic (exact) mass is 371 g/mol. The van der Waals surface area contributed by atoms with Gasteiger partial charge in [-0.05, 0) is 29.3 Å². The van der Waals surface area contributed by atoms with Gasteiger partial charge in [-0.3, -0.25) is 4.99 Å². The molecule has 1 heterocycles. The standard InChI is InChI=1S/C23H21N3O2/c1-25-23(24)26(22-15-18-10-6-7-11-20(18)28-22)19-14-17(12-13-21(19)27-2)16-8-4-3-5-9-16/h3-15H,1-2H3,(H2,24,25). The number of benzene rings is 3. The summed E-state index contributed by atoms with van der Waals surface area (Å²) in [6, 6.07) is 25.9. The van der Waals surface area contributed by atoms with Crippen LogP contribution in [0.1, 0.15) is 0 Å². The van der Waals surface area contributed by atoms with Gasteiger partial charge in [0.25, 0.3) is 0 Å². The second-order valence-corrected chi connectivity index (χ2v) is 6.29. The molecule has 0 aliphatic heterocycles. The van der Waals surface area contributed by atoms with Crippen molar-refractivity contribution in [3.63, 3.8) is 0 Å². The van der Waals surface area contributed by atoms with Gasteiger partial charge in [0, 0.05) is 18.5 Å². The number of nitrogens with two attached hydrogens (primary N) is 1. The number of guanidine groups is 1. The molecule has 1 aromatic heterocycles. The molecule has 5 nitrogen and oxygen atoms in total. The Labute approximate surface area is 163 Å². The molecule has 0 atom stereocenters. The molecule has 3 aromatic carbocycles. The van der Waals surface area contributed by atoms with Gasteiger partial charge in [-0.25, -0.2) is 4.90 Å². The molecular formula is C23H21N3O2. The van der Waals surface area contributed by atoms with Crippen LogP contribution in [0, 0.1) is 0 Å². The van der Waals surface area contributed by atoms with E-state index in [9.17, 15) is 0 Å². The van der Waals surface area contributed by atoms with Crippen molar-refractivity contribution in [3.8, 4) is 16.9 Å². The van der Waals surface area contributed by atoms with Crippen LogP contribution in [0.2, 0.25) is 0 Å². The summed E-state index contributed by atoms with van der Waals surface area (Å²) in [7, 11) is 3.29. The smallest absolute Gasteiger partial charge is 0.208 e. The average Bonchev–Trinajstić information content (AvgIpc) is 3.18. The molecule has 0 saturated carbocycles. The van der Waals surface area contributed by atoms with E-state index in [1.54, 1.807) is 19.1 Å². The summed E-state index contributed by atoms with van der Waals surface area (Å²) in [5.74, 6) is 1.56. The number of nitrogens with zero attached hydrogens (tertiary/aromatic N) is 2. The third-order valence-corrected chi connectivity index (χ3v) is 4.62. The molecule has 0 aliphatic carbocycles. The van der Waals surface area contributed by atoms with E-state index >= 15 is 0 Å². The fraction of sp³-hybridized carbons (Fsp3) is 0.0870. The Kier molecular flexibility index (Phi) is 4.72. The number of anilines is 2. The first kappa shape index (κ1) is 17.7. The van der Waals surface area contributed by atoms with E-state index in [0.717, 1.165) is 27.8 Å². The maximum Gasteiger partial charge on any atom is 0.208 e. The van der Waals surface area contributed by atoms with Gasteiger partial charge in [0.1, 0.15) is 11.3 Å². The summed E-state index contributed by atoms with van der Waals surface area (Å²) in [4.78, 5) is 5.96. The highest BCUT2D eigenvalue weighted by molar-refractivity contribution is 6.03. The minimum absolute atomic E-state index is 0.308. The van der Waals surface area contributed by atoms with Crippen molar-refractivity contribution >= 4 is 28.5 Å². The van der Waals surface area contributed by atoms with Crippen LogP contribution in [0.3, 0.4) is 0 Å². The van der Waals surface area contributed by atoms with E-state index in [1.807, 2.05) is 66.7 Å². The van der Waals surface area contributed by atoms with E-state index < -0.39 is 0 Å². The van der Waals surface area contributed by atoms with Crippen molar-refractivity contribution in [3.05, 3.63) is 78.9 Å². The van der Waals surface area contributed by atoms with Crippen LogP contribution in [0.5, 0.6) is 5.75 Å². The van der Waals surface area contributed by atoms with Crippen LogP contribution in [0.15, 0.2) is 88.3 Å². The molecule has 0 aliphatic rings. The predicted octanol–water partition coefficient (Wildman–Crippen LogP) is 5.19. The van der Waals surface area contributed by atoms with Gasteiger partial charge >= 0.3 is 0 Å². The maximum absolute atomic E-state index is 6.28. The van der Waals surface area contributed by atoms with E-state index in [1.165, 1.54) is 0 Å². The molecule has 4 aromatic rings. The first-order valence-corrected chi connectivity index (χ1v) is 8.95. The van der Waals surface area contributed by atoms with Crippen molar-refractivity contribution in [2.24, 2.45) is 10.7 Å². The normalized spacial score (nSPS) is 11.6. The van der Waals surface area contributed by atoms with Gasteiger partial charge < -0.3 is 14.9 Å².